The number of carboxylic acid groups (broad SMARTS) is 1. The van der Waals surface area contributed by atoms with E-state index in [1.165, 1.54) is 0 Å². The van der Waals surface area contributed by atoms with Crippen molar-refractivity contribution in [1.29, 1.82) is 0 Å². The van der Waals surface area contributed by atoms with Gasteiger partial charge in [-0.3, -0.25) is 4.79 Å². The van der Waals surface area contributed by atoms with Gasteiger partial charge in [0.05, 0.1) is 6.10 Å². The Morgan fingerprint density at radius 3 is 1.89 bits per heavy atom. The van der Waals surface area contributed by atoms with Crippen molar-refractivity contribution >= 4 is 5.97 Å². The second-order valence-electron chi connectivity index (χ2n) is 6.83. The van der Waals surface area contributed by atoms with Crippen LogP contribution >= 0.6 is 0 Å². The van der Waals surface area contributed by atoms with Crippen LogP contribution in [0.2, 0.25) is 0 Å². The molecule has 0 saturated carbocycles. The Labute approximate surface area is 158 Å². The van der Waals surface area contributed by atoms with Crippen molar-refractivity contribution in [2.75, 3.05) is 0 Å². The van der Waals surface area contributed by atoms with E-state index >= 15 is 0 Å². The maximum absolute atomic E-state index is 11.4. The summed E-state index contributed by atoms with van der Waals surface area (Å²) < 4.78 is 6.56. The van der Waals surface area contributed by atoms with Crippen LogP contribution in [0.3, 0.4) is 0 Å². The number of rotatable bonds is 5. The van der Waals surface area contributed by atoms with Crippen LogP contribution in [0.25, 0.3) is 11.1 Å². The molecule has 0 amide bonds. The highest BCUT2D eigenvalue weighted by atomic mass is 16.5. The number of benzene rings is 3. The average Bonchev–Trinajstić information content (AvgIpc) is 2.99. The molecule has 1 aliphatic rings. The van der Waals surface area contributed by atoms with Crippen LogP contribution in [0, 0.1) is 0 Å². The fourth-order valence-corrected chi connectivity index (χ4v) is 3.93. The summed E-state index contributed by atoms with van der Waals surface area (Å²) in [5, 5.41) is 9.37. The van der Waals surface area contributed by atoms with E-state index in [2.05, 4.69) is 12.1 Å². The minimum Gasteiger partial charge on any atom is -0.480 e. The second kappa shape index (κ2) is 6.65. The number of nitrogens with two attached hydrogens (primary N) is 1. The lowest BCUT2D eigenvalue weighted by atomic mass is 9.83. The summed E-state index contributed by atoms with van der Waals surface area (Å²) in [6, 6.07) is 25.0. The second-order valence-corrected chi connectivity index (χ2v) is 6.83. The topological polar surface area (TPSA) is 72.5 Å². The molecule has 0 aliphatic heterocycles. The molecule has 0 bridgehead atoms. The minimum atomic E-state index is -1.12. The van der Waals surface area contributed by atoms with Crippen LogP contribution < -0.4 is 5.73 Å². The number of carboxylic acids is 1. The van der Waals surface area contributed by atoms with Crippen molar-refractivity contribution in [3.8, 4) is 11.1 Å². The zero-order chi connectivity index (χ0) is 19.0. The molecule has 0 aromatic heterocycles. The van der Waals surface area contributed by atoms with Gasteiger partial charge in [0.25, 0.3) is 0 Å². The SMILES string of the molecule is C[C@H](OC1(c2ccccc2)c2ccccc2-c2ccccc21)[C@H](N)C(=O)O. The Kier molecular flexibility index (Phi) is 4.30. The number of hydrogen-bond acceptors (Lipinski definition) is 3. The predicted octanol–water partition coefficient (Wildman–Crippen LogP) is 3.78. The van der Waals surface area contributed by atoms with Gasteiger partial charge < -0.3 is 15.6 Å². The molecule has 3 N–H and O–H groups in total. The number of ether oxygens (including phenoxy) is 1. The van der Waals surface area contributed by atoms with Crippen LogP contribution in [0.1, 0.15) is 23.6 Å². The first kappa shape index (κ1) is 17.5. The maximum atomic E-state index is 11.4. The molecule has 0 radical (unpaired) electrons. The van der Waals surface area contributed by atoms with Gasteiger partial charge in [-0.25, -0.2) is 0 Å². The molecule has 0 unspecified atom stereocenters. The normalized spacial score (nSPS) is 16.2. The maximum Gasteiger partial charge on any atom is 0.323 e. The van der Waals surface area contributed by atoms with E-state index in [1.54, 1.807) is 6.92 Å². The lowest BCUT2D eigenvalue weighted by Gasteiger charge is -2.36. The molecule has 27 heavy (non-hydrogen) atoms. The standard InChI is InChI=1S/C23H21NO3/c1-15(21(24)22(25)26)27-23(16-9-3-2-4-10-16)19-13-7-5-11-17(19)18-12-6-8-14-20(18)23/h2-15,21H,24H2,1H3,(H,25,26)/t15-,21-/m0/s1. The zero-order valence-electron chi connectivity index (χ0n) is 15.0. The minimum absolute atomic E-state index is 0.693. The number of aliphatic carboxylic acids is 1. The zero-order valence-corrected chi connectivity index (χ0v) is 15.0. The highest BCUT2D eigenvalue weighted by Gasteiger charge is 2.47. The lowest BCUT2D eigenvalue weighted by molar-refractivity contribution is -0.144. The van der Waals surface area contributed by atoms with Crippen molar-refractivity contribution in [2.24, 2.45) is 5.73 Å². The number of carbonyl (C=O) groups is 1. The summed E-state index contributed by atoms with van der Waals surface area (Å²) in [7, 11) is 0. The summed E-state index contributed by atoms with van der Waals surface area (Å²) >= 11 is 0. The molecule has 136 valence electrons. The molecule has 3 aromatic rings. The first-order chi connectivity index (χ1) is 13.1. The highest BCUT2D eigenvalue weighted by molar-refractivity contribution is 5.82. The Morgan fingerprint density at radius 1 is 0.889 bits per heavy atom. The lowest BCUT2D eigenvalue weighted by Crippen LogP contribution is -2.46. The number of hydrogen-bond donors (Lipinski definition) is 2. The third kappa shape index (κ3) is 2.65. The van der Waals surface area contributed by atoms with Gasteiger partial charge >= 0.3 is 5.97 Å². The summed E-state index contributed by atoms with van der Waals surface area (Å²) in [5.41, 5.74) is 10.1. The van der Waals surface area contributed by atoms with Gasteiger partial charge in [0.1, 0.15) is 11.6 Å². The van der Waals surface area contributed by atoms with E-state index in [-0.39, 0.29) is 0 Å². The van der Waals surface area contributed by atoms with Gasteiger partial charge in [-0.1, -0.05) is 78.9 Å². The molecule has 0 heterocycles. The van der Waals surface area contributed by atoms with E-state index in [4.69, 9.17) is 10.5 Å². The van der Waals surface area contributed by atoms with Crippen molar-refractivity contribution < 1.29 is 14.6 Å². The van der Waals surface area contributed by atoms with Crippen LogP contribution in [0.5, 0.6) is 0 Å². The average molecular weight is 359 g/mol. The van der Waals surface area contributed by atoms with Gasteiger partial charge in [-0.2, -0.15) is 0 Å². The van der Waals surface area contributed by atoms with Crippen LogP contribution in [-0.2, 0) is 15.1 Å². The molecule has 4 rings (SSSR count). The Hall–Kier alpha value is -2.95. The highest BCUT2D eigenvalue weighted by Crippen LogP contribution is 2.53. The fraction of sp³-hybridized carbons (Fsp3) is 0.174. The summed E-state index contributed by atoms with van der Waals surface area (Å²) in [6.45, 7) is 1.72. The van der Waals surface area contributed by atoms with E-state index in [0.717, 1.165) is 27.8 Å². The van der Waals surface area contributed by atoms with Crippen molar-refractivity contribution in [1.82, 2.24) is 0 Å². The quantitative estimate of drug-likeness (QED) is 0.727. The third-order valence-corrected chi connectivity index (χ3v) is 5.24. The Morgan fingerprint density at radius 2 is 1.37 bits per heavy atom. The molecule has 0 spiro atoms. The van der Waals surface area contributed by atoms with Crippen LogP contribution in [0.4, 0.5) is 0 Å². The molecule has 4 heteroatoms. The van der Waals surface area contributed by atoms with Gasteiger partial charge in [-0.05, 0) is 23.6 Å². The molecule has 4 nitrogen and oxygen atoms in total. The van der Waals surface area contributed by atoms with Crippen molar-refractivity contribution in [3.63, 3.8) is 0 Å². The number of fused-ring (bicyclic) bond motifs is 3. The van der Waals surface area contributed by atoms with E-state index in [9.17, 15) is 9.90 Å². The molecule has 0 fully saturated rings. The monoisotopic (exact) mass is 359 g/mol. The Balaban J connectivity index is 1.98. The predicted molar refractivity (Wildman–Crippen MR) is 104 cm³/mol. The van der Waals surface area contributed by atoms with Crippen molar-refractivity contribution in [3.05, 3.63) is 95.6 Å². The third-order valence-electron chi connectivity index (χ3n) is 5.24. The first-order valence-electron chi connectivity index (χ1n) is 8.97. The summed E-state index contributed by atoms with van der Waals surface area (Å²) in [5.74, 6) is -1.08. The smallest absolute Gasteiger partial charge is 0.323 e. The van der Waals surface area contributed by atoms with Crippen LogP contribution in [0.15, 0.2) is 78.9 Å². The summed E-state index contributed by atoms with van der Waals surface area (Å²) in [4.78, 5) is 11.4. The van der Waals surface area contributed by atoms with E-state index < -0.39 is 23.7 Å². The van der Waals surface area contributed by atoms with Gasteiger partial charge in [0.2, 0.25) is 0 Å². The molecule has 1 aliphatic carbocycles. The fourth-order valence-electron chi connectivity index (χ4n) is 3.93. The first-order valence-corrected chi connectivity index (χ1v) is 8.97. The van der Waals surface area contributed by atoms with Gasteiger partial charge in [-0.15, -0.1) is 0 Å². The van der Waals surface area contributed by atoms with E-state index in [0.29, 0.717) is 0 Å². The van der Waals surface area contributed by atoms with Crippen LogP contribution in [-0.4, -0.2) is 23.2 Å². The molecule has 2 atom stereocenters. The molecular weight excluding hydrogens is 338 g/mol. The molecular formula is C23H21NO3. The largest absolute Gasteiger partial charge is 0.480 e. The Bertz CT molecular complexity index is 938. The van der Waals surface area contributed by atoms with E-state index in [1.807, 2.05) is 66.7 Å². The van der Waals surface area contributed by atoms with Gasteiger partial charge in [0, 0.05) is 11.1 Å². The van der Waals surface area contributed by atoms with Gasteiger partial charge in [0.15, 0.2) is 0 Å². The molecule has 3 aromatic carbocycles. The van der Waals surface area contributed by atoms with Crippen molar-refractivity contribution in [2.45, 2.75) is 24.7 Å². The molecule has 0 saturated heterocycles. The summed E-state index contributed by atoms with van der Waals surface area (Å²) in [6.07, 6.45) is -0.693.